The minimum absolute atomic E-state index is 0.138. The highest BCUT2D eigenvalue weighted by Gasteiger charge is 2.16. The minimum Gasteiger partial charge on any atom is -0.302 e. The van der Waals surface area contributed by atoms with Crippen LogP contribution in [0.4, 0.5) is 0 Å². The van der Waals surface area contributed by atoms with Gasteiger partial charge in [0.1, 0.15) is 0 Å². The van der Waals surface area contributed by atoms with Gasteiger partial charge in [-0.25, -0.2) is 0 Å². The molecule has 1 unspecified atom stereocenters. The summed E-state index contributed by atoms with van der Waals surface area (Å²) in [5.41, 5.74) is 2.59. The maximum atomic E-state index is 6.50. The average Bonchev–Trinajstić information content (AvgIpc) is 2.31. The van der Waals surface area contributed by atoms with E-state index in [0.29, 0.717) is 0 Å². The minimum atomic E-state index is 0.138. The smallest absolute Gasteiger partial charge is 0.0714 e. The van der Waals surface area contributed by atoms with Crippen LogP contribution < -0.4 is 0 Å². The van der Waals surface area contributed by atoms with Crippen molar-refractivity contribution in [3.05, 3.63) is 35.4 Å². The van der Waals surface area contributed by atoms with E-state index >= 15 is 0 Å². The summed E-state index contributed by atoms with van der Waals surface area (Å²) in [5.74, 6) is 0. The van der Waals surface area contributed by atoms with Crippen LogP contribution in [0.5, 0.6) is 0 Å². The molecule has 0 bridgehead atoms. The van der Waals surface area contributed by atoms with E-state index in [2.05, 4.69) is 36.1 Å². The Kier molecular flexibility index (Phi) is 4.25. The molecule has 1 aromatic carbocycles. The fraction of sp³-hybridized carbons (Fsp3) is 0.571. The molecule has 88 valence electrons. The second kappa shape index (κ2) is 5.70. The second-order valence-electron chi connectivity index (χ2n) is 4.69. The van der Waals surface area contributed by atoms with Crippen molar-refractivity contribution in [2.75, 3.05) is 19.6 Å². The molecule has 0 aromatic heterocycles. The van der Waals surface area contributed by atoms with E-state index in [0.717, 1.165) is 6.54 Å². The zero-order valence-electron chi connectivity index (χ0n) is 9.95. The molecule has 0 amide bonds. The van der Waals surface area contributed by atoms with Crippen molar-refractivity contribution >= 4 is 11.6 Å². The summed E-state index contributed by atoms with van der Waals surface area (Å²) < 4.78 is 0. The predicted molar refractivity (Wildman–Crippen MR) is 70.1 cm³/mol. The molecular weight excluding hydrogens is 218 g/mol. The highest BCUT2D eigenvalue weighted by Crippen LogP contribution is 2.25. The Morgan fingerprint density at radius 2 is 1.88 bits per heavy atom. The Morgan fingerprint density at radius 3 is 2.56 bits per heavy atom. The molecule has 0 spiro atoms. The lowest BCUT2D eigenvalue weighted by Gasteiger charge is -2.28. The molecule has 1 saturated heterocycles. The topological polar surface area (TPSA) is 3.24 Å². The van der Waals surface area contributed by atoms with Crippen LogP contribution in [0.15, 0.2) is 24.3 Å². The highest BCUT2D eigenvalue weighted by molar-refractivity contribution is 6.21. The van der Waals surface area contributed by atoms with Gasteiger partial charge in [0.15, 0.2) is 0 Å². The van der Waals surface area contributed by atoms with Crippen LogP contribution in [0.3, 0.4) is 0 Å². The maximum Gasteiger partial charge on any atom is 0.0714 e. The standard InChI is InChI=1S/C14H20ClN/c1-12-7-3-4-8-13(12)14(15)11-16-9-5-2-6-10-16/h3-4,7-8,14H,2,5-6,9-11H2,1H3. The zero-order chi connectivity index (χ0) is 11.4. The van der Waals surface area contributed by atoms with Crippen molar-refractivity contribution in [2.45, 2.75) is 31.6 Å². The quantitative estimate of drug-likeness (QED) is 0.724. The number of likely N-dealkylation sites (tertiary alicyclic amines) is 1. The number of hydrogen-bond donors (Lipinski definition) is 0. The van der Waals surface area contributed by atoms with Gasteiger partial charge in [-0.3, -0.25) is 0 Å². The lowest BCUT2D eigenvalue weighted by atomic mass is 10.0. The van der Waals surface area contributed by atoms with E-state index in [1.54, 1.807) is 0 Å². The van der Waals surface area contributed by atoms with E-state index in [4.69, 9.17) is 11.6 Å². The molecule has 1 atom stereocenters. The molecule has 0 radical (unpaired) electrons. The molecule has 1 aliphatic rings. The van der Waals surface area contributed by atoms with Gasteiger partial charge in [-0.15, -0.1) is 11.6 Å². The van der Waals surface area contributed by atoms with Crippen LogP contribution in [-0.2, 0) is 0 Å². The molecule has 16 heavy (non-hydrogen) atoms. The number of benzene rings is 1. The molecule has 1 heterocycles. The van der Waals surface area contributed by atoms with E-state index in [1.807, 2.05) is 0 Å². The summed E-state index contributed by atoms with van der Waals surface area (Å²) in [7, 11) is 0. The highest BCUT2D eigenvalue weighted by atomic mass is 35.5. The van der Waals surface area contributed by atoms with Crippen molar-refractivity contribution in [1.29, 1.82) is 0 Å². The van der Waals surface area contributed by atoms with Crippen LogP contribution in [0, 0.1) is 6.92 Å². The van der Waals surface area contributed by atoms with Gasteiger partial charge in [0.2, 0.25) is 0 Å². The molecule has 0 N–H and O–H groups in total. The van der Waals surface area contributed by atoms with Gasteiger partial charge >= 0.3 is 0 Å². The molecule has 0 saturated carbocycles. The first-order valence-corrected chi connectivity index (χ1v) is 6.63. The Morgan fingerprint density at radius 1 is 1.19 bits per heavy atom. The number of alkyl halides is 1. The fourth-order valence-corrected chi connectivity index (χ4v) is 2.85. The Bertz CT molecular complexity index is 331. The van der Waals surface area contributed by atoms with Crippen molar-refractivity contribution in [1.82, 2.24) is 4.90 Å². The third kappa shape index (κ3) is 2.99. The number of nitrogens with zero attached hydrogens (tertiary/aromatic N) is 1. The summed E-state index contributed by atoms with van der Waals surface area (Å²) in [5, 5.41) is 0.138. The first-order valence-electron chi connectivity index (χ1n) is 6.19. The summed E-state index contributed by atoms with van der Waals surface area (Å²) in [4.78, 5) is 2.49. The Hall–Kier alpha value is -0.530. The third-order valence-corrected chi connectivity index (χ3v) is 3.77. The van der Waals surface area contributed by atoms with Crippen LogP contribution in [0.25, 0.3) is 0 Å². The SMILES string of the molecule is Cc1ccccc1C(Cl)CN1CCCCC1. The van der Waals surface area contributed by atoms with Crippen LogP contribution in [-0.4, -0.2) is 24.5 Å². The normalized spacial score (nSPS) is 19.6. The van der Waals surface area contributed by atoms with Gasteiger partial charge in [-0.1, -0.05) is 30.7 Å². The number of rotatable bonds is 3. The van der Waals surface area contributed by atoms with Gasteiger partial charge in [-0.05, 0) is 44.0 Å². The van der Waals surface area contributed by atoms with E-state index in [-0.39, 0.29) is 5.38 Å². The summed E-state index contributed by atoms with van der Waals surface area (Å²) in [6, 6.07) is 8.44. The maximum absolute atomic E-state index is 6.50. The van der Waals surface area contributed by atoms with E-state index in [9.17, 15) is 0 Å². The predicted octanol–water partition coefficient (Wildman–Crippen LogP) is 3.76. The zero-order valence-corrected chi connectivity index (χ0v) is 10.7. The fourth-order valence-electron chi connectivity index (χ4n) is 2.41. The molecule has 1 aliphatic heterocycles. The first-order chi connectivity index (χ1) is 7.77. The van der Waals surface area contributed by atoms with Crippen LogP contribution in [0.2, 0.25) is 0 Å². The Balaban J connectivity index is 1.96. The number of halogens is 1. The third-order valence-electron chi connectivity index (χ3n) is 3.39. The number of aryl methyl sites for hydroxylation is 1. The first kappa shape index (κ1) is 11.9. The van der Waals surface area contributed by atoms with E-state index < -0.39 is 0 Å². The summed E-state index contributed by atoms with van der Waals surface area (Å²) in [6.07, 6.45) is 4.04. The Labute approximate surface area is 103 Å². The van der Waals surface area contributed by atoms with Crippen molar-refractivity contribution in [3.8, 4) is 0 Å². The lowest BCUT2D eigenvalue weighted by Crippen LogP contribution is -2.32. The van der Waals surface area contributed by atoms with Crippen LogP contribution >= 0.6 is 11.6 Å². The molecule has 2 rings (SSSR count). The monoisotopic (exact) mass is 237 g/mol. The van der Waals surface area contributed by atoms with E-state index in [1.165, 1.54) is 43.5 Å². The number of piperidine rings is 1. The number of hydrogen-bond acceptors (Lipinski definition) is 1. The summed E-state index contributed by atoms with van der Waals surface area (Å²) in [6.45, 7) is 5.57. The van der Waals surface area contributed by atoms with Gasteiger partial charge in [-0.2, -0.15) is 0 Å². The second-order valence-corrected chi connectivity index (χ2v) is 5.21. The molecule has 2 heteroatoms. The van der Waals surface area contributed by atoms with Gasteiger partial charge < -0.3 is 4.90 Å². The molecule has 1 nitrogen and oxygen atoms in total. The molecule has 0 aliphatic carbocycles. The van der Waals surface area contributed by atoms with Gasteiger partial charge in [0.05, 0.1) is 5.38 Å². The molecular formula is C14H20ClN. The summed E-state index contributed by atoms with van der Waals surface area (Å²) >= 11 is 6.50. The average molecular weight is 238 g/mol. The van der Waals surface area contributed by atoms with Crippen molar-refractivity contribution in [3.63, 3.8) is 0 Å². The van der Waals surface area contributed by atoms with Gasteiger partial charge in [0, 0.05) is 6.54 Å². The van der Waals surface area contributed by atoms with Crippen molar-refractivity contribution < 1.29 is 0 Å². The van der Waals surface area contributed by atoms with Crippen molar-refractivity contribution in [2.24, 2.45) is 0 Å². The van der Waals surface area contributed by atoms with Gasteiger partial charge in [0.25, 0.3) is 0 Å². The molecule has 1 aromatic rings. The molecule has 1 fully saturated rings. The lowest BCUT2D eigenvalue weighted by molar-refractivity contribution is 0.229. The van der Waals surface area contributed by atoms with Crippen LogP contribution in [0.1, 0.15) is 35.8 Å². The largest absolute Gasteiger partial charge is 0.302 e.